The maximum Gasteiger partial charge on any atom is 0.256 e. The van der Waals surface area contributed by atoms with E-state index in [2.05, 4.69) is 5.32 Å². The van der Waals surface area contributed by atoms with E-state index in [1.54, 1.807) is 0 Å². The Morgan fingerprint density at radius 1 is 1.30 bits per heavy atom. The van der Waals surface area contributed by atoms with Crippen LogP contribution in [0.15, 0.2) is 12.1 Å². The van der Waals surface area contributed by atoms with Crippen molar-refractivity contribution in [3.63, 3.8) is 0 Å². The largest absolute Gasteiger partial charge is 0.354 e. The molecule has 8 heteroatoms. The average molecular weight is 377 g/mol. The Morgan fingerprint density at radius 2 is 2.04 bits per heavy atom. The van der Waals surface area contributed by atoms with Gasteiger partial charge in [0, 0.05) is 12.3 Å². The number of carbonyl (C=O) groups excluding carboxylic acids is 2. The van der Waals surface area contributed by atoms with E-state index in [0.29, 0.717) is 24.1 Å². The topological polar surface area (TPSA) is 49.4 Å². The lowest BCUT2D eigenvalue weighted by atomic mass is 10.1. The summed E-state index contributed by atoms with van der Waals surface area (Å²) < 4.78 is 13.6. The molecule has 2 amide bonds. The number of hydrogen-bond acceptors (Lipinski definition) is 3. The van der Waals surface area contributed by atoms with Crippen LogP contribution in [0.5, 0.6) is 0 Å². The third kappa shape index (κ3) is 3.75. The van der Waals surface area contributed by atoms with E-state index >= 15 is 0 Å². The van der Waals surface area contributed by atoms with Gasteiger partial charge in [-0.25, -0.2) is 4.39 Å². The lowest BCUT2D eigenvalue weighted by Crippen LogP contribution is -2.47. The van der Waals surface area contributed by atoms with Crippen LogP contribution in [0.4, 0.5) is 4.39 Å². The summed E-state index contributed by atoms with van der Waals surface area (Å²) in [6.07, 6.45) is 2.28. The summed E-state index contributed by atoms with van der Waals surface area (Å²) in [5, 5.41) is 2.82. The van der Waals surface area contributed by atoms with Crippen molar-refractivity contribution < 1.29 is 14.0 Å². The SMILES string of the molecule is O=C(NCC1CC1)C1CSCN1C(=O)c1cc(F)c(Cl)cc1Cl. The van der Waals surface area contributed by atoms with Gasteiger partial charge in [-0.3, -0.25) is 9.59 Å². The second-order valence-electron chi connectivity index (χ2n) is 5.73. The number of benzene rings is 1. The fourth-order valence-corrected chi connectivity index (χ4v) is 4.00. The van der Waals surface area contributed by atoms with Gasteiger partial charge in [-0.15, -0.1) is 11.8 Å². The van der Waals surface area contributed by atoms with Gasteiger partial charge in [-0.05, 0) is 30.9 Å². The van der Waals surface area contributed by atoms with Crippen LogP contribution in [0.1, 0.15) is 23.2 Å². The molecule has 2 fully saturated rings. The predicted molar refractivity (Wildman–Crippen MR) is 89.4 cm³/mol. The molecule has 0 aromatic heterocycles. The molecule has 1 aromatic carbocycles. The van der Waals surface area contributed by atoms with Crippen LogP contribution in [0.3, 0.4) is 0 Å². The molecule has 1 aliphatic carbocycles. The first-order chi connectivity index (χ1) is 11.0. The summed E-state index contributed by atoms with van der Waals surface area (Å²) in [6.45, 7) is 0.651. The Hall–Kier alpha value is -0.980. The monoisotopic (exact) mass is 376 g/mol. The third-order valence-corrected chi connectivity index (χ3v) is 5.56. The first kappa shape index (κ1) is 16.9. The Balaban J connectivity index is 1.74. The zero-order valence-electron chi connectivity index (χ0n) is 12.2. The Morgan fingerprint density at radius 3 is 2.74 bits per heavy atom. The Labute approximate surface area is 147 Å². The van der Waals surface area contributed by atoms with Gasteiger partial charge in [0.25, 0.3) is 5.91 Å². The molecule has 1 unspecified atom stereocenters. The minimum Gasteiger partial charge on any atom is -0.354 e. The van der Waals surface area contributed by atoms with E-state index < -0.39 is 17.8 Å². The molecule has 4 nitrogen and oxygen atoms in total. The molecule has 1 aromatic rings. The van der Waals surface area contributed by atoms with E-state index in [1.807, 2.05) is 0 Å². The molecule has 3 rings (SSSR count). The van der Waals surface area contributed by atoms with E-state index in [0.717, 1.165) is 18.9 Å². The van der Waals surface area contributed by atoms with Crippen LogP contribution < -0.4 is 5.32 Å². The van der Waals surface area contributed by atoms with Crippen molar-refractivity contribution in [2.75, 3.05) is 18.2 Å². The van der Waals surface area contributed by atoms with Crippen LogP contribution in [-0.2, 0) is 4.79 Å². The minimum absolute atomic E-state index is 0.0241. The summed E-state index contributed by atoms with van der Waals surface area (Å²) in [5.74, 6) is 0.137. The fourth-order valence-electron chi connectivity index (χ4n) is 2.39. The number of carbonyl (C=O) groups is 2. The summed E-state index contributed by atoms with van der Waals surface area (Å²) >= 11 is 13.1. The van der Waals surface area contributed by atoms with Crippen LogP contribution in [0, 0.1) is 11.7 Å². The minimum atomic E-state index is -0.707. The number of thioether (sulfide) groups is 1. The number of amides is 2. The second-order valence-corrected chi connectivity index (χ2v) is 7.54. The first-order valence-electron chi connectivity index (χ1n) is 7.28. The second kappa shape index (κ2) is 6.87. The van der Waals surface area contributed by atoms with Crippen LogP contribution in [0.2, 0.25) is 10.0 Å². The molecule has 2 aliphatic rings. The molecule has 124 valence electrons. The molecule has 0 spiro atoms. The third-order valence-electron chi connectivity index (χ3n) is 3.95. The number of hydrogen-bond donors (Lipinski definition) is 1. The molecule has 23 heavy (non-hydrogen) atoms. The highest BCUT2D eigenvalue weighted by Gasteiger charge is 2.36. The average Bonchev–Trinajstić information content (AvgIpc) is 3.22. The van der Waals surface area contributed by atoms with Gasteiger partial charge in [0.2, 0.25) is 5.91 Å². The molecule has 1 aliphatic heterocycles. The van der Waals surface area contributed by atoms with E-state index in [1.165, 1.54) is 22.7 Å². The molecule has 0 bridgehead atoms. The summed E-state index contributed by atoms with van der Waals surface area (Å²) in [4.78, 5) is 26.4. The highest BCUT2D eigenvalue weighted by Crippen LogP contribution is 2.30. The van der Waals surface area contributed by atoms with Crippen LogP contribution in [-0.4, -0.2) is 40.9 Å². The van der Waals surface area contributed by atoms with Gasteiger partial charge < -0.3 is 10.2 Å². The van der Waals surface area contributed by atoms with Crippen molar-refractivity contribution in [2.45, 2.75) is 18.9 Å². The molecule has 1 saturated carbocycles. The van der Waals surface area contributed by atoms with Gasteiger partial charge in [-0.2, -0.15) is 0 Å². The smallest absolute Gasteiger partial charge is 0.256 e. The van der Waals surface area contributed by atoms with E-state index in [9.17, 15) is 14.0 Å². The number of nitrogens with one attached hydrogen (secondary N) is 1. The molecule has 1 saturated heterocycles. The first-order valence-corrected chi connectivity index (χ1v) is 9.19. The number of halogens is 3. The standard InChI is InChI=1S/C15H15Cl2FN2O2S/c16-10-4-11(17)12(18)3-9(10)15(22)20-7-23-6-13(20)14(21)19-5-8-1-2-8/h3-4,8,13H,1-2,5-7H2,(H,19,21). The van der Waals surface area contributed by atoms with Crippen molar-refractivity contribution in [3.8, 4) is 0 Å². The van der Waals surface area contributed by atoms with E-state index in [4.69, 9.17) is 23.2 Å². The predicted octanol–water partition coefficient (Wildman–Crippen LogP) is 3.17. The molecule has 1 N–H and O–H groups in total. The van der Waals surface area contributed by atoms with Gasteiger partial charge in [0.1, 0.15) is 11.9 Å². The van der Waals surface area contributed by atoms with Crippen molar-refractivity contribution in [2.24, 2.45) is 5.92 Å². The quantitative estimate of drug-likeness (QED) is 0.821. The van der Waals surface area contributed by atoms with Crippen LogP contribution >= 0.6 is 35.0 Å². The molecular weight excluding hydrogens is 362 g/mol. The summed E-state index contributed by atoms with van der Waals surface area (Å²) in [7, 11) is 0. The molecule has 0 radical (unpaired) electrons. The zero-order chi connectivity index (χ0) is 16.6. The maximum atomic E-state index is 13.6. The highest BCUT2D eigenvalue weighted by atomic mass is 35.5. The van der Waals surface area contributed by atoms with Crippen molar-refractivity contribution >= 4 is 46.8 Å². The molecule has 1 heterocycles. The van der Waals surface area contributed by atoms with Gasteiger partial charge in [0.15, 0.2) is 0 Å². The maximum absolute atomic E-state index is 13.6. The van der Waals surface area contributed by atoms with Crippen molar-refractivity contribution in [1.82, 2.24) is 10.2 Å². The number of nitrogens with zero attached hydrogens (tertiary/aromatic N) is 1. The summed E-state index contributed by atoms with van der Waals surface area (Å²) in [6, 6.07) is 1.67. The van der Waals surface area contributed by atoms with Gasteiger partial charge in [-0.1, -0.05) is 23.2 Å². The lowest BCUT2D eigenvalue weighted by molar-refractivity contribution is -0.124. The van der Waals surface area contributed by atoms with Crippen molar-refractivity contribution in [3.05, 3.63) is 33.6 Å². The lowest BCUT2D eigenvalue weighted by Gasteiger charge is -2.23. The highest BCUT2D eigenvalue weighted by molar-refractivity contribution is 7.99. The van der Waals surface area contributed by atoms with Crippen molar-refractivity contribution in [1.29, 1.82) is 0 Å². The Kier molecular flexibility index (Phi) is 5.04. The van der Waals surface area contributed by atoms with Crippen LogP contribution in [0.25, 0.3) is 0 Å². The van der Waals surface area contributed by atoms with E-state index in [-0.39, 0.29) is 21.5 Å². The molecular formula is C15H15Cl2FN2O2S. The van der Waals surface area contributed by atoms with Gasteiger partial charge >= 0.3 is 0 Å². The number of rotatable bonds is 4. The normalized spacial score (nSPS) is 20.7. The summed E-state index contributed by atoms with van der Waals surface area (Å²) in [5.41, 5.74) is 0.0241. The Bertz CT molecular complexity index is 655. The zero-order valence-corrected chi connectivity index (χ0v) is 14.5. The van der Waals surface area contributed by atoms with Gasteiger partial charge in [0.05, 0.1) is 21.5 Å². The fraction of sp³-hybridized carbons (Fsp3) is 0.467. The molecule has 1 atom stereocenters.